The Kier molecular flexibility index (Phi) is 17.0. The maximum absolute atomic E-state index is 11.7. The van der Waals surface area contributed by atoms with E-state index in [4.69, 9.17) is 18.9 Å². The molecule has 0 rings (SSSR count). The summed E-state index contributed by atoms with van der Waals surface area (Å²) in [7, 11) is 5.45. The van der Waals surface area contributed by atoms with Crippen LogP contribution < -0.4 is 0 Å². The number of hydrogen-bond acceptors (Lipinski definition) is 10. The Hall–Kier alpha value is -2.20. The highest BCUT2D eigenvalue weighted by Gasteiger charge is 2.21. The first-order valence-electron chi connectivity index (χ1n) is 11.4. The summed E-state index contributed by atoms with van der Waals surface area (Å²) in [5, 5.41) is 0. The van der Waals surface area contributed by atoms with Crippen molar-refractivity contribution in [1.29, 1.82) is 0 Å². The third kappa shape index (κ3) is 15.3. The Labute approximate surface area is 197 Å². The van der Waals surface area contributed by atoms with E-state index in [-0.39, 0.29) is 49.2 Å². The molecule has 0 aromatic carbocycles. The van der Waals surface area contributed by atoms with Gasteiger partial charge in [-0.1, -0.05) is 6.92 Å². The van der Waals surface area contributed by atoms with Crippen LogP contribution in [-0.4, -0.2) is 101 Å². The molecule has 0 aliphatic carbocycles. The van der Waals surface area contributed by atoms with Crippen molar-refractivity contribution in [2.75, 3.05) is 61.2 Å². The maximum atomic E-state index is 11.7. The normalized spacial score (nSPS) is 12.8. The number of carbonyl (C=O) groups excluding carboxylic acids is 4. The molecule has 0 aliphatic rings. The van der Waals surface area contributed by atoms with Gasteiger partial charge in [0, 0.05) is 45.2 Å². The van der Waals surface area contributed by atoms with Crippen LogP contribution in [0.25, 0.3) is 0 Å². The van der Waals surface area contributed by atoms with Gasteiger partial charge >= 0.3 is 23.9 Å². The van der Waals surface area contributed by atoms with Gasteiger partial charge in [-0.2, -0.15) is 0 Å². The summed E-state index contributed by atoms with van der Waals surface area (Å²) in [5.41, 5.74) is 0. The number of methoxy groups -OCH3 is 4. The monoisotopic (exact) mass is 474 g/mol. The molecule has 0 amide bonds. The van der Waals surface area contributed by atoms with Crippen LogP contribution in [0.15, 0.2) is 0 Å². The molecule has 0 aliphatic heterocycles. The molecule has 33 heavy (non-hydrogen) atoms. The van der Waals surface area contributed by atoms with Crippen molar-refractivity contribution in [3.05, 3.63) is 0 Å². The average molecular weight is 475 g/mol. The third-order valence-electron chi connectivity index (χ3n) is 5.54. The molecular formula is C23H42N2O8. The zero-order valence-electron chi connectivity index (χ0n) is 21.1. The number of carbonyl (C=O) groups is 4. The molecule has 0 heterocycles. The lowest BCUT2D eigenvalue weighted by Gasteiger charge is -2.34. The molecule has 0 aromatic rings. The molecule has 192 valence electrons. The lowest BCUT2D eigenvalue weighted by atomic mass is 10.0. The summed E-state index contributed by atoms with van der Waals surface area (Å²) < 4.78 is 19.0. The van der Waals surface area contributed by atoms with Crippen molar-refractivity contribution >= 4 is 23.9 Å². The van der Waals surface area contributed by atoms with E-state index in [0.29, 0.717) is 38.5 Å². The van der Waals surface area contributed by atoms with Gasteiger partial charge in [0.15, 0.2) is 0 Å². The predicted molar refractivity (Wildman–Crippen MR) is 122 cm³/mol. The molecule has 10 heteroatoms. The minimum Gasteiger partial charge on any atom is -0.469 e. The quantitative estimate of drug-likeness (QED) is 0.215. The van der Waals surface area contributed by atoms with Crippen LogP contribution in [-0.2, 0) is 38.1 Å². The fourth-order valence-corrected chi connectivity index (χ4v) is 3.55. The molecule has 2 unspecified atom stereocenters. The molecule has 0 N–H and O–H groups in total. The second-order valence-corrected chi connectivity index (χ2v) is 8.20. The van der Waals surface area contributed by atoms with Gasteiger partial charge in [0.25, 0.3) is 0 Å². The van der Waals surface area contributed by atoms with Crippen molar-refractivity contribution in [3.8, 4) is 0 Å². The van der Waals surface area contributed by atoms with E-state index in [1.807, 2.05) is 6.92 Å². The summed E-state index contributed by atoms with van der Waals surface area (Å²) in [6, 6.07) is 0.0132. The topological polar surface area (TPSA) is 112 Å². The van der Waals surface area contributed by atoms with Gasteiger partial charge in [-0.05, 0) is 25.7 Å². The van der Waals surface area contributed by atoms with Gasteiger partial charge in [0.1, 0.15) is 0 Å². The summed E-state index contributed by atoms with van der Waals surface area (Å²) in [6.07, 6.45) is 2.67. The molecule has 0 spiro atoms. The van der Waals surface area contributed by atoms with Crippen molar-refractivity contribution in [2.24, 2.45) is 5.92 Å². The van der Waals surface area contributed by atoms with E-state index in [0.717, 1.165) is 19.4 Å². The molecule has 0 radical (unpaired) electrons. The Morgan fingerprint density at radius 3 is 1.52 bits per heavy atom. The first kappa shape index (κ1) is 30.8. The van der Waals surface area contributed by atoms with E-state index in [1.54, 1.807) is 0 Å². The van der Waals surface area contributed by atoms with Crippen LogP contribution in [0, 0.1) is 5.92 Å². The van der Waals surface area contributed by atoms with Crippen LogP contribution in [0.5, 0.6) is 0 Å². The zero-order chi connectivity index (χ0) is 25.2. The van der Waals surface area contributed by atoms with Crippen LogP contribution >= 0.6 is 0 Å². The average Bonchev–Trinajstić information content (AvgIpc) is 2.81. The zero-order valence-corrected chi connectivity index (χ0v) is 21.1. The maximum Gasteiger partial charge on any atom is 0.306 e. The van der Waals surface area contributed by atoms with E-state index in [2.05, 4.69) is 16.7 Å². The largest absolute Gasteiger partial charge is 0.469 e. The van der Waals surface area contributed by atoms with Gasteiger partial charge < -0.3 is 23.8 Å². The highest BCUT2D eigenvalue weighted by Crippen LogP contribution is 2.13. The number of ether oxygens (including phenoxy) is 4. The molecule has 0 aromatic heterocycles. The van der Waals surface area contributed by atoms with Crippen molar-refractivity contribution in [3.63, 3.8) is 0 Å². The minimum absolute atomic E-state index is 0.0132. The second-order valence-electron chi connectivity index (χ2n) is 8.20. The first-order chi connectivity index (χ1) is 15.7. The van der Waals surface area contributed by atoms with Gasteiger partial charge in [-0.25, -0.2) is 0 Å². The van der Waals surface area contributed by atoms with Crippen LogP contribution in [0.2, 0.25) is 0 Å². The summed E-state index contributed by atoms with van der Waals surface area (Å²) in [5.74, 6) is -0.818. The van der Waals surface area contributed by atoms with Gasteiger partial charge in [0.2, 0.25) is 0 Å². The summed E-state index contributed by atoms with van der Waals surface area (Å²) in [6.45, 7) is 6.95. The molecule has 0 bridgehead atoms. The molecule has 10 nitrogen and oxygen atoms in total. The SMILES string of the molecule is COC(=O)CCCC(C)CN(CCC(=O)OC)CC(C)N(CCC(=O)OC)CCC(=O)OC. The Morgan fingerprint density at radius 1 is 0.636 bits per heavy atom. The van der Waals surface area contributed by atoms with E-state index in [9.17, 15) is 19.2 Å². The number of hydrogen-bond donors (Lipinski definition) is 0. The number of esters is 4. The Morgan fingerprint density at radius 2 is 1.06 bits per heavy atom. The number of rotatable bonds is 18. The van der Waals surface area contributed by atoms with E-state index in [1.165, 1.54) is 28.4 Å². The summed E-state index contributed by atoms with van der Waals surface area (Å²) >= 11 is 0. The molecule has 2 atom stereocenters. The number of nitrogens with zero attached hydrogens (tertiary/aromatic N) is 2. The highest BCUT2D eigenvalue weighted by atomic mass is 16.5. The summed E-state index contributed by atoms with van der Waals surface area (Å²) in [4.78, 5) is 50.6. The van der Waals surface area contributed by atoms with E-state index >= 15 is 0 Å². The molecule has 0 fully saturated rings. The second kappa shape index (κ2) is 18.3. The minimum atomic E-state index is -0.313. The van der Waals surface area contributed by atoms with Crippen LogP contribution in [0.3, 0.4) is 0 Å². The lowest BCUT2D eigenvalue weighted by molar-refractivity contribution is -0.142. The predicted octanol–water partition coefficient (Wildman–Crippen LogP) is 1.65. The van der Waals surface area contributed by atoms with Gasteiger partial charge in [0.05, 0.1) is 47.7 Å². The Bertz CT molecular complexity index is 579. The van der Waals surface area contributed by atoms with Crippen molar-refractivity contribution in [2.45, 2.75) is 58.4 Å². The van der Waals surface area contributed by atoms with Crippen molar-refractivity contribution < 1.29 is 38.1 Å². The molecular weight excluding hydrogens is 432 g/mol. The molecule has 0 saturated heterocycles. The smallest absolute Gasteiger partial charge is 0.306 e. The fraction of sp³-hybridized carbons (Fsp3) is 0.826. The Balaban J connectivity index is 5.10. The van der Waals surface area contributed by atoms with Gasteiger partial charge in [-0.3, -0.25) is 24.1 Å². The van der Waals surface area contributed by atoms with Crippen molar-refractivity contribution in [1.82, 2.24) is 9.80 Å². The lowest BCUT2D eigenvalue weighted by Crippen LogP contribution is -2.45. The van der Waals surface area contributed by atoms with Crippen LogP contribution in [0.1, 0.15) is 52.4 Å². The third-order valence-corrected chi connectivity index (χ3v) is 5.54. The fourth-order valence-electron chi connectivity index (χ4n) is 3.55. The highest BCUT2D eigenvalue weighted by molar-refractivity contribution is 5.70. The standard InChI is InChI=1S/C23H42N2O8/c1-18(8-7-9-20(26)30-3)16-24(13-10-21(27)31-4)17-19(2)25(14-11-22(28)32-5)15-12-23(29)33-6/h18-19H,7-17H2,1-6H3. The van der Waals surface area contributed by atoms with Crippen LogP contribution in [0.4, 0.5) is 0 Å². The first-order valence-corrected chi connectivity index (χ1v) is 11.4. The van der Waals surface area contributed by atoms with E-state index < -0.39 is 0 Å². The van der Waals surface area contributed by atoms with Gasteiger partial charge in [-0.15, -0.1) is 0 Å². The molecule has 0 saturated carbocycles.